The van der Waals surface area contributed by atoms with Crippen molar-refractivity contribution in [2.24, 2.45) is 11.8 Å². The van der Waals surface area contributed by atoms with Crippen LogP contribution < -0.4 is 0 Å². The van der Waals surface area contributed by atoms with Crippen LogP contribution in [0.5, 0.6) is 0 Å². The third-order valence-corrected chi connectivity index (χ3v) is 5.80. The number of hydrogen-bond acceptors (Lipinski definition) is 7. The molecule has 188 valence electrons. The van der Waals surface area contributed by atoms with Crippen LogP contribution >= 0.6 is 0 Å². The number of esters is 3. The van der Waals surface area contributed by atoms with E-state index in [1.807, 2.05) is 12.2 Å². The van der Waals surface area contributed by atoms with Gasteiger partial charge in [-0.05, 0) is 39.0 Å². The van der Waals surface area contributed by atoms with Gasteiger partial charge in [0.1, 0.15) is 12.2 Å². The van der Waals surface area contributed by atoms with Gasteiger partial charge >= 0.3 is 17.9 Å². The molecule has 0 spiro atoms. The zero-order valence-corrected chi connectivity index (χ0v) is 20.7. The SMILES string of the molecule is CCCCC/C=C\C[C@H](O)/C=C/[C@@H]1[C@H](CCCC(=O)OCC)[C@@H](OC(C)=O)C[C@H]1OC(C)=O. The summed E-state index contributed by atoms with van der Waals surface area (Å²) in [6.45, 7) is 6.98. The number of rotatable bonds is 15. The lowest BCUT2D eigenvalue weighted by Gasteiger charge is -2.24. The predicted octanol–water partition coefficient (Wildman–Crippen LogP) is 4.66. The van der Waals surface area contributed by atoms with Crippen LogP contribution in [0.15, 0.2) is 24.3 Å². The number of carbonyl (C=O) groups is 3. The standard InChI is InChI=1S/C26H42O7/c1-5-7-8-9-10-11-13-21(29)16-17-23-22(14-12-15-26(30)31-6-2)24(32-19(3)27)18-25(23)33-20(4)28/h10-11,16-17,21-25,29H,5-9,12-15,18H2,1-4H3/b11-10-,17-16+/t21-,22-,23+,24-,25+/m0/s1. The quantitative estimate of drug-likeness (QED) is 0.162. The van der Waals surface area contributed by atoms with Gasteiger partial charge in [-0.2, -0.15) is 0 Å². The lowest BCUT2D eigenvalue weighted by molar-refractivity contribution is -0.150. The van der Waals surface area contributed by atoms with E-state index in [2.05, 4.69) is 13.0 Å². The molecule has 0 saturated heterocycles. The Kier molecular flexibility index (Phi) is 14.4. The van der Waals surface area contributed by atoms with Crippen LogP contribution in [0.4, 0.5) is 0 Å². The molecule has 1 fully saturated rings. The van der Waals surface area contributed by atoms with E-state index in [0.29, 0.717) is 32.3 Å². The first-order valence-electron chi connectivity index (χ1n) is 12.3. The fraction of sp³-hybridized carbons (Fsp3) is 0.731. The highest BCUT2D eigenvalue weighted by Gasteiger charge is 2.45. The zero-order chi connectivity index (χ0) is 24.6. The molecule has 7 nitrogen and oxygen atoms in total. The predicted molar refractivity (Wildman–Crippen MR) is 126 cm³/mol. The van der Waals surface area contributed by atoms with Crippen molar-refractivity contribution in [2.45, 2.75) is 104 Å². The van der Waals surface area contributed by atoms with Crippen LogP contribution in [0.1, 0.15) is 85.5 Å². The molecule has 0 unspecified atom stereocenters. The first-order valence-corrected chi connectivity index (χ1v) is 12.3. The van der Waals surface area contributed by atoms with E-state index in [-0.39, 0.29) is 24.2 Å². The zero-order valence-electron chi connectivity index (χ0n) is 20.7. The molecular formula is C26H42O7. The summed E-state index contributed by atoms with van der Waals surface area (Å²) in [5, 5.41) is 10.4. The highest BCUT2D eigenvalue weighted by molar-refractivity contribution is 5.69. The summed E-state index contributed by atoms with van der Waals surface area (Å²) >= 11 is 0. The Morgan fingerprint density at radius 1 is 1.00 bits per heavy atom. The average Bonchev–Trinajstić information content (AvgIpc) is 3.03. The first kappa shape index (κ1) is 28.9. The molecule has 33 heavy (non-hydrogen) atoms. The molecule has 0 aliphatic heterocycles. The van der Waals surface area contributed by atoms with Crippen LogP contribution in [-0.4, -0.2) is 47.9 Å². The van der Waals surface area contributed by atoms with E-state index in [0.717, 1.165) is 12.8 Å². The monoisotopic (exact) mass is 466 g/mol. The highest BCUT2D eigenvalue weighted by Crippen LogP contribution is 2.40. The van der Waals surface area contributed by atoms with Gasteiger partial charge in [-0.1, -0.05) is 44.1 Å². The summed E-state index contributed by atoms with van der Waals surface area (Å²) in [5.74, 6) is -1.40. The topological polar surface area (TPSA) is 99.1 Å². The molecule has 1 N–H and O–H groups in total. The van der Waals surface area contributed by atoms with Crippen molar-refractivity contribution in [3.05, 3.63) is 24.3 Å². The van der Waals surface area contributed by atoms with Crippen molar-refractivity contribution < 1.29 is 33.7 Å². The summed E-state index contributed by atoms with van der Waals surface area (Å²) in [7, 11) is 0. The fourth-order valence-electron chi connectivity index (χ4n) is 4.33. The Balaban J connectivity index is 2.85. The maximum atomic E-state index is 11.7. The minimum atomic E-state index is -0.654. The smallest absolute Gasteiger partial charge is 0.305 e. The second kappa shape index (κ2) is 16.5. The Bertz CT molecular complexity index is 655. The van der Waals surface area contributed by atoms with E-state index in [1.165, 1.54) is 26.7 Å². The fourth-order valence-corrected chi connectivity index (χ4v) is 4.33. The van der Waals surface area contributed by atoms with Crippen molar-refractivity contribution in [1.82, 2.24) is 0 Å². The number of hydrogen-bond donors (Lipinski definition) is 1. The molecule has 0 bridgehead atoms. The van der Waals surface area contributed by atoms with Gasteiger partial charge in [0.25, 0.3) is 0 Å². The largest absolute Gasteiger partial charge is 0.466 e. The van der Waals surface area contributed by atoms with E-state index in [9.17, 15) is 19.5 Å². The van der Waals surface area contributed by atoms with Gasteiger partial charge in [0.15, 0.2) is 0 Å². The lowest BCUT2D eigenvalue weighted by atomic mass is 9.88. The third-order valence-electron chi connectivity index (χ3n) is 5.80. The summed E-state index contributed by atoms with van der Waals surface area (Å²) in [6, 6.07) is 0. The molecule has 1 saturated carbocycles. The Labute approximate surface area is 198 Å². The molecule has 0 amide bonds. The van der Waals surface area contributed by atoms with Gasteiger partial charge in [0, 0.05) is 38.5 Å². The molecule has 0 heterocycles. The summed E-state index contributed by atoms with van der Waals surface area (Å²) < 4.78 is 16.1. The maximum absolute atomic E-state index is 11.7. The number of allylic oxidation sites excluding steroid dienone is 1. The molecule has 0 aromatic rings. The van der Waals surface area contributed by atoms with Crippen molar-refractivity contribution in [1.29, 1.82) is 0 Å². The van der Waals surface area contributed by atoms with Crippen LogP contribution in [0.2, 0.25) is 0 Å². The average molecular weight is 467 g/mol. The Morgan fingerprint density at radius 2 is 1.70 bits per heavy atom. The van der Waals surface area contributed by atoms with Crippen molar-refractivity contribution >= 4 is 17.9 Å². The third kappa shape index (κ3) is 12.0. The normalized spacial score (nSPS) is 23.7. The van der Waals surface area contributed by atoms with Crippen LogP contribution in [0.25, 0.3) is 0 Å². The number of unbranched alkanes of at least 4 members (excludes halogenated alkanes) is 3. The van der Waals surface area contributed by atoms with Gasteiger partial charge in [-0.3, -0.25) is 14.4 Å². The van der Waals surface area contributed by atoms with E-state index >= 15 is 0 Å². The lowest BCUT2D eigenvalue weighted by Crippen LogP contribution is -2.26. The van der Waals surface area contributed by atoms with E-state index < -0.39 is 30.3 Å². The van der Waals surface area contributed by atoms with Gasteiger partial charge in [-0.15, -0.1) is 0 Å². The summed E-state index contributed by atoms with van der Waals surface area (Å²) in [6.07, 6.45) is 13.1. The van der Waals surface area contributed by atoms with Crippen LogP contribution in [-0.2, 0) is 28.6 Å². The van der Waals surface area contributed by atoms with E-state index in [1.54, 1.807) is 13.0 Å². The minimum Gasteiger partial charge on any atom is -0.466 e. The number of ether oxygens (including phenoxy) is 3. The molecule has 7 heteroatoms. The molecule has 0 aromatic heterocycles. The van der Waals surface area contributed by atoms with Crippen molar-refractivity contribution in [3.63, 3.8) is 0 Å². The molecular weight excluding hydrogens is 424 g/mol. The van der Waals surface area contributed by atoms with Gasteiger partial charge in [-0.25, -0.2) is 0 Å². The van der Waals surface area contributed by atoms with Crippen LogP contribution in [0.3, 0.4) is 0 Å². The Morgan fingerprint density at radius 3 is 2.33 bits per heavy atom. The second-order valence-corrected chi connectivity index (χ2v) is 8.63. The number of carbonyl (C=O) groups excluding carboxylic acids is 3. The highest BCUT2D eigenvalue weighted by atomic mass is 16.6. The minimum absolute atomic E-state index is 0.124. The van der Waals surface area contributed by atoms with Gasteiger partial charge in [0.2, 0.25) is 0 Å². The maximum Gasteiger partial charge on any atom is 0.305 e. The van der Waals surface area contributed by atoms with E-state index in [4.69, 9.17) is 14.2 Å². The second-order valence-electron chi connectivity index (χ2n) is 8.63. The summed E-state index contributed by atoms with van der Waals surface area (Å²) in [5.41, 5.74) is 0. The van der Waals surface area contributed by atoms with Crippen molar-refractivity contribution in [3.8, 4) is 0 Å². The molecule has 0 aromatic carbocycles. The first-order chi connectivity index (χ1) is 15.8. The summed E-state index contributed by atoms with van der Waals surface area (Å²) in [4.78, 5) is 35.1. The number of aliphatic hydroxyl groups is 1. The number of aliphatic hydroxyl groups excluding tert-OH is 1. The van der Waals surface area contributed by atoms with Gasteiger partial charge < -0.3 is 19.3 Å². The molecule has 5 atom stereocenters. The van der Waals surface area contributed by atoms with Crippen LogP contribution in [0, 0.1) is 11.8 Å². The molecule has 1 rings (SSSR count). The Hall–Kier alpha value is -2.15. The molecule has 1 aliphatic rings. The van der Waals surface area contributed by atoms with Gasteiger partial charge in [0.05, 0.1) is 12.7 Å². The molecule has 1 aliphatic carbocycles. The van der Waals surface area contributed by atoms with Crippen molar-refractivity contribution in [2.75, 3.05) is 6.61 Å². The molecule has 0 radical (unpaired) electrons.